The van der Waals surface area contributed by atoms with Crippen molar-refractivity contribution in [1.82, 2.24) is 4.90 Å². The molecule has 0 aliphatic carbocycles. The van der Waals surface area contributed by atoms with Gasteiger partial charge < -0.3 is 5.11 Å². The van der Waals surface area contributed by atoms with E-state index >= 15 is 0 Å². The Balaban J connectivity index is 2.24. The monoisotopic (exact) mass is 295 g/mol. The third-order valence-corrected chi connectivity index (χ3v) is 4.61. The Kier molecular flexibility index (Phi) is 4.71. The highest BCUT2D eigenvalue weighted by atomic mass is 35.5. The molecule has 0 amide bonds. The maximum absolute atomic E-state index is 11.8. The molecule has 1 aromatic rings. The molecule has 1 N–H and O–H groups in total. The van der Waals surface area contributed by atoms with Crippen molar-refractivity contribution in [1.29, 1.82) is 0 Å². The topological polar surface area (TPSA) is 40.5 Å². The van der Waals surface area contributed by atoms with E-state index in [-0.39, 0.29) is 0 Å². The van der Waals surface area contributed by atoms with Crippen LogP contribution in [0.1, 0.15) is 43.7 Å². The summed E-state index contributed by atoms with van der Waals surface area (Å²) in [5.41, 5.74) is 1.43. The minimum absolute atomic E-state index is 0.616. The normalized spacial score (nSPS) is 23.1. The molecule has 1 saturated heterocycles. The van der Waals surface area contributed by atoms with Crippen LogP contribution < -0.4 is 0 Å². The zero-order chi connectivity index (χ0) is 14.8. The molecular weight excluding hydrogens is 274 g/mol. The first-order valence-corrected chi connectivity index (χ1v) is 7.61. The lowest BCUT2D eigenvalue weighted by Gasteiger charge is -2.35. The summed E-state index contributed by atoms with van der Waals surface area (Å²) in [6, 6.07) is 5.98. The van der Waals surface area contributed by atoms with E-state index in [9.17, 15) is 9.90 Å². The SMILES string of the molecule is CCCC1(C(=O)O)CCCN1Cc1ccc(C)cc1Cl. The molecule has 4 heteroatoms. The van der Waals surface area contributed by atoms with Gasteiger partial charge in [0, 0.05) is 11.6 Å². The van der Waals surface area contributed by atoms with E-state index in [0.717, 1.165) is 42.0 Å². The van der Waals surface area contributed by atoms with Gasteiger partial charge in [0.15, 0.2) is 0 Å². The van der Waals surface area contributed by atoms with Crippen molar-refractivity contribution in [2.24, 2.45) is 0 Å². The number of halogens is 1. The quantitative estimate of drug-likeness (QED) is 0.896. The number of hydrogen-bond donors (Lipinski definition) is 1. The van der Waals surface area contributed by atoms with Crippen molar-refractivity contribution in [3.05, 3.63) is 34.3 Å². The first kappa shape index (κ1) is 15.3. The van der Waals surface area contributed by atoms with Gasteiger partial charge in [0.1, 0.15) is 5.54 Å². The van der Waals surface area contributed by atoms with Crippen LogP contribution >= 0.6 is 11.6 Å². The molecule has 1 heterocycles. The predicted octanol–water partition coefficient (Wildman–Crippen LogP) is 3.87. The molecule has 3 nitrogen and oxygen atoms in total. The zero-order valence-corrected chi connectivity index (χ0v) is 12.9. The summed E-state index contributed by atoms with van der Waals surface area (Å²) < 4.78 is 0. The van der Waals surface area contributed by atoms with Crippen LogP contribution in [0.25, 0.3) is 0 Å². The van der Waals surface area contributed by atoms with Crippen LogP contribution in [0.3, 0.4) is 0 Å². The van der Waals surface area contributed by atoms with E-state index in [1.807, 2.05) is 32.0 Å². The smallest absolute Gasteiger partial charge is 0.324 e. The molecular formula is C16H22ClNO2. The second kappa shape index (κ2) is 6.15. The van der Waals surface area contributed by atoms with Gasteiger partial charge in [0.2, 0.25) is 0 Å². The summed E-state index contributed by atoms with van der Waals surface area (Å²) in [7, 11) is 0. The standard InChI is InChI=1S/C16H22ClNO2/c1-3-7-16(15(19)20)8-4-9-18(16)11-13-6-5-12(2)10-14(13)17/h5-6,10H,3-4,7-9,11H2,1-2H3,(H,19,20). The van der Waals surface area contributed by atoms with E-state index < -0.39 is 11.5 Å². The Morgan fingerprint density at radius 3 is 2.85 bits per heavy atom. The second-order valence-electron chi connectivity index (χ2n) is 5.71. The zero-order valence-electron chi connectivity index (χ0n) is 12.2. The summed E-state index contributed by atoms with van der Waals surface area (Å²) in [6.45, 7) is 5.49. The maximum Gasteiger partial charge on any atom is 0.324 e. The van der Waals surface area contributed by atoms with Gasteiger partial charge in [-0.25, -0.2) is 0 Å². The van der Waals surface area contributed by atoms with Gasteiger partial charge in [0.25, 0.3) is 0 Å². The average Bonchev–Trinajstić information content (AvgIpc) is 2.77. The summed E-state index contributed by atoms with van der Waals surface area (Å²) in [4.78, 5) is 13.9. The largest absolute Gasteiger partial charge is 0.480 e. The lowest BCUT2D eigenvalue weighted by molar-refractivity contribution is -0.150. The van der Waals surface area contributed by atoms with Gasteiger partial charge in [-0.2, -0.15) is 0 Å². The van der Waals surface area contributed by atoms with Crippen LogP contribution in [0.2, 0.25) is 5.02 Å². The first-order valence-electron chi connectivity index (χ1n) is 7.23. The van der Waals surface area contributed by atoms with Crippen molar-refractivity contribution >= 4 is 17.6 Å². The molecule has 1 atom stereocenters. The van der Waals surface area contributed by atoms with E-state index in [2.05, 4.69) is 4.90 Å². The maximum atomic E-state index is 11.8. The minimum atomic E-state index is -0.705. The number of rotatable bonds is 5. The fourth-order valence-corrected chi connectivity index (χ4v) is 3.49. The molecule has 1 aliphatic heterocycles. The molecule has 20 heavy (non-hydrogen) atoms. The molecule has 0 aromatic heterocycles. The number of hydrogen-bond acceptors (Lipinski definition) is 2. The number of carbonyl (C=O) groups is 1. The third kappa shape index (κ3) is 2.84. The van der Waals surface area contributed by atoms with Gasteiger partial charge in [0.05, 0.1) is 0 Å². The average molecular weight is 296 g/mol. The molecule has 0 bridgehead atoms. The van der Waals surface area contributed by atoms with Crippen LogP contribution in [0.5, 0.6) is 0 Å². The number of carboxylic acid groups (broad SMARTS) is 1. The third-order valence-electron chi connectivity index (χ3n) is 4.26. The van der Waals surface area contributed by atoms with Crippen molar-refractivity contribution in [2.45, 2.75) is 51.6 Å². The van der Waals surface area contributed by atoms with Gasteiger partial charge in [-0.15, -0.1) is 0 Å². The van der Waals surface area contributed by atoms with Gasteiger partial charge >= 0.3 is 5.97 Å². The highest BCUT2D eigenvalue weighted by Crippen LogP contribution is 2.36. The fraction of sp³-hybridized carbons (Fsp3) is 0.562. The number of nitrogens with zero attached hydrogens (tertiary/aromatic N) is 1. The summed E-state index contributed by atoms with van der Waals surface area (Å²) >= 11 is 6.28. The molecule has 2 rings (SSSR count). The molecule has 0 radical (unpaired) electrons. The first-order chi connectivity index (χ1) is 9.49. The lowest BCUT2D eigenvalue weighted by Crippen LogP contribution is -2.50. The van der Waals surface area contributed by atoms with E-state index in [1.54, 1.807) is 0 Å². The van der Waals surface area contributed by atoms with E-state index in [4.69, 9.17) is 11.6 Å². The summed E-state index contributed by atoms with van der Waals surface area (Å²) in [6.07, 6.45) is 3.26. The van der Waals surface area contributed by atoms with E-state index in [0.29, 0.717) is 13.0 Å². The number of likely N-dealkylation sites (tertiary alicyclic amines) is 1. The minimum Gasteiger partial charge on any atom is -0.480 e. The van der Waals surface area contributed by atoms with Gasteiger partial charge in [-0.05, 0) is 49.9 Å². The number of aryl methyl sites for hydroxylation is 1. The van der Waals surface area contributed by atoms with Crippen LogP contribution in [-0.2, 0) is 11.3 Å². The Bertz CT molecular complexity index is 503. The Morgan fingerprint density at radius 2 is 2.25 bits per heavy atom. The summed E-state index contributed by atoms with van der Waals surface area (Å²) in [5.74, 6) is -0.694. The highest BCUT2D eigenvalue weighted by molar-refractivity contribution is 6.31. The van der Waals surface area contributed by atoms with Crippen molar-refractivity contribution in [2.75, 3.05) is 6.54 Å². The van der Waals surface area contributed by atoms with Crippen molar-refractivity contribution in [3.8, 4) is 0 Å². The van der Waals surface area contributed by atoms with Crippen molar-refractivity contribution in [3.63, 3.8) is 0 Å². The molecule has 1 unspecified atom stereocenters. The number of benzene rings is 1. The Labute approximate surface area is 125 Å². The molecule has 1 aliphatic rings. The molecule has 1 fully saturated rings. The molecule has 1 aromatic carbocycles. The molecule has 0 saturated carbocycles. The molecule has 110 valence electrons. The van der Waals surface area contributed by atoms with Crippen LogP contribution in [-0.4, -0.2) is 28.1 Å². The summed E-state index contributed by atoms with van der Waals surface area (Å²) in [5, 5.41) is 10.4. The fourth-order valence-electron chi connectivity index (χ4n) is 3.20. The van der Waals surface area contributed by atoms with Crippen LogP contribution in [0, 0.1) is 6.92 Å². The lowest BCUT2D eigenvalue weighted by atomic mass is 9.90. The van der Waals surface area contributed by atoms with Gasteiger partial charge in [-0.1, -0.05) is 37.1 Å². The Morgan fingerprint density at radius 1 is 1.50 bits per heavy atom. The predicted molar refractivity (Wildman–Crippen MR) is 81.1 cm³/mol. The highest BCUT2D eigenvalue weighted by Gasteiger charge is 2.46. The van der Waals surface area contributed by atoms with Gasteiger partial charge in [-0.3, -0.25) is 9.69 Å². The second-order valence-corrected chi connectivity index (χ2v) is 6.11. The van der Waals surface area contributed by atoms with Crippen LogP contribution in [0.15, 0.2) is 18.2 Å². The Hall–Kier alpha value is -1.06. The number of carboxylic acids is 1. The van der Waals surface area contributed by atoms with Crippen molar-refractivity contribution < 1.29 is 9.90 Å². The van der Waals surface area contributed by atoms with E-state index in [1.165, 1.54) is 0 Å². The molecule has 0 spiro atoms. The van der Waals surface area contributed by atoms with Crippen LogP contribution in [0.4, 0.5) is 0 Å². The number of aliphatic carboxylic acids is 1.